The maximum absolute atomic E-state index is 5.98. The molecule has 4 heteroatoms. The normalized spacial score (nSPS) is 17.2. The largest absolute Gasteiger partial charge is 0.492 e. The minimum Gasteiger partial charge on any atom is -0.492 e. The van der Waals surface area contributed by atoms with Crippen molar-refractivity contribution in [2.24, 2.45) is 0 Å². The number of ether oxygens (including phenoxy) is 2. The summed E-state index contributed by atoms with van der Waals surface area (Å²) in [5.74, 6) is 1.02. The van der Waals surface area contributed by atoms with Gasteiger partial charge >= 0.3 is 0 Å². The van der Waals surface area contributed by atoms with Crippen LogP contribution >= 0.6 is 11.3 Å². The quantitative estimate of drug-likeness (QED) is 0.862. The van der Waals surface area contributed by atoms with E-state index in [0.717, 1.165) is 51.6 Å². The molecule has 0 bridgehead atoms. The summed E-state index contributed by atoms with van der Waals surface area (Å²) in [6.45, 7) is 7.72. The number of benzene rings is 1. The van der Waals surface area contributed by atoms with E-state index in [1.807, 2.05) is 0 Å². The van der Waals surface area contributed by atoms with Crippen LogP contribution in [0.15, 0.2) is 23.6 Å². The van der Waals surface area contributed by atoms with Gasteiger partial charge < -0.3 is 9.47 Å². The Morgan fingerprint density at radius 1 is 1.30 bits per heavy atom. The number of aryl methyl sites for hydroxylation is 1. The zero-order valence-electron chi connectivity index (χ0n) is 11.9. The van der Waals surface area contributed by atoms with E-state index in [2.05, 4.69) is 35.4 Å². The SMILES string of the molecule is Cc1cc2ccsc2cc1OCCN1CCCOCC1. The van der Waals surface area contributed by atoms with Crippen molar-refractivity contribution in [1.82, 2.24) is 4.90 Å². The molecule has 0 unspecified atom stereocenters. The van der Waals surface area contributed by atoms with Gasteiger partial charge in [-0.3, -0.25) is 4.90 Å². The van der Waals surface area contributed by atoms with Crippen LogP contribution in [-0.2, 0) is 4.74 Å². The lowest BCUT2D eigenvalue weighted by molar-refractivity contribution is 0.137. The fraction of sp³-hybridized carbons (Fsp3) is 0.500. The molecule has 3 rings (SSSR count). The molecule has 1 aliphatic rings. The summed E-state index contributed by atoms with van der Waals surface area (Å²) in [5.41, 5.74) is 1.22. The number of thiophene rings is 1. The zero-order valence-corrected chi connectivity index (χ0v) is 12.7. The molecule has 0 atom stereocenters. The van der Waals surface area contributed by atoms with Crippen molar-refractivity contribution in [2.75, 3.05) is 39.5 Å². The third kappa shape index (κ3) is 3.32. The highest BCUT2D eigenvalue weighted by atomic mass is 32.1. The minimum absolute atomic E-state index is 0.748. The summed E-state index contributed by atoms with van der Waals surface area (Å²) in [4.78, 5) is 2.42. The van der Waals surface area contributed by atoms with Gasteiger partial charge in [0.25, 0.3) is 0 Å². The maximum Gasteiger partial charge on any atom is 0.123 e. The van der Waals surface area contributed by atoms with Crippen LogP contribution in [0.1, 0.15) is 12.0 Å². The van der Waals surface area contributed by atoms with Gasteiger partial charge in [0.15, 0.2) is 0 Å². The molecule has 1 saturated heterocycles. The molecular formula is C16H21NO2S. The van der Waals surface area contributed by atoms with E-state index in [1.165, 1.54) is 15.6 Å². The summed E-state index contributed by atoms with van der Waals surface area (Å²) in [6, 6.07) is 6.54. The van der Waals surface area contributed by atoms with Crippen molar-refractivity contribution in [3.63, 3.8) is 0 Å². The molecule has 0 aliphatic carbocycles. The first-order chi connectivity index (χ1) is 9.83. The summed E-state index contributed by atoms with van der Waals surface area (Å²) >= 11 is 1.77. The smallest absolute Gasteiger partial charge is 0.123 e. The number of rotatable bonds is 4. The minimum atomic E-state index is 0.748. The van der Waals surface area contributed by atoms with Crippen LogP contribution < -0.4 is 4.74 Å². The number of hydrogen-bond acceptors (Lipinski definition) is 4. The average molecular weight is 291 g/mol. The van der Waals surface area contributed by atoms with Crippen molar-refractivity contribution in [3.05, 3.63) is 29.1 Å². The van der Waals surface area contributed by atoms with Gasteiger partial charge in [-0.1, -0.05) is 0 Å². The fourth-order valence-electron chi connectivity index (χ4n) is 2.57. The Bertz CT molecular complexity index is 559. The van der Waals surface area contributed by atoms with Crippen LogP contribution in [0.25, 0.3) is 10.1 Å². The molecule has 0 amide bonds. The molecule has 1 aliphatic heterocycles. The highest BCUT2D eigenvalue weighted by Gasteiger charge is 2.09. The molecule has 1 fully saturated rings. The maximum atomic E-state index is 5.98. The van der Waals surface area contributed by atoms with E-state index in [9.17, 15) is 0 Å². The lowest BCUT2D eigenvalue weighted by atomic mass is 10.2. The van der Waals surface area contributed by atoms with Crippen LogP contribution in [0.3, 0.4) is 0 Å². The molecular weight excluding hydrogens is 270 g/mol. The van der Waals surface area contributed by atoms with Gasteiger partial charge in [-0.25, -0.2) is 0 Å². The Kier molecular flexibility index (Phi) is 4.55. The van der Waals surface area contributed by atoms with E-state index in [0.29, 0.717) is 0 Å². The monoisotopic (exact) mass is 291 g/mol. The molecule has 1 aromatic carbocycles. The second-order valence-electron chi connectivity index (χ2n) is 5.23. The lowest BCUT2D eigenvalue weighted by Gasteiger charge is -2.19. The first-order valence-electron chi connectivity index (χ1n) is 7.24. The van der Waals surface area contributed by atoms with Crippen molar-refractivity contribution < 1.29 is 9.47 Å². The standard InChI is InChI=1S/C16H21NO2S/c1-13-11-14-3-10-20-16(14)12-15(13)19-9-6-17-4-2-7-18-8-5-17/h3,10-12H,2,4-9H2,1H3. The van der Waals surface area contributed by atoms with Crippen LogP contribution in [0, 0.1) is 6.92 Å². The molecule has 1 aromatic heterocycles. The summed E-state index contributed by atoms with van der Waals surface area (Å²) in [5, 5.41) is 3.44. The van der Waals surface area contributed by atoms with Crippen molar-refractivity contribution in [2.45, 2.75) is 13.3 Å². The van der Waals surface area contributed by atoms with Gasteiger partial charge in [0, 0.05) is 30.9 Å². The van der Waals surface area contributed by atoms with Crippen molar-refractivity contribution >= 4 is 21.4 Å². The van der Waals surface area contributed by atoms with Crippen LogP contribution in [0.4, 0.5) is 0 Å². The van der Waals surface area contributed by atoms with E-state index in [4.69, 9.17) is 9.47 Å². The highest BCUT2D eigenvalue weighted by molar-refractivity contribution is 7.17. The zero-order chi connectivity index (χ0) is 13.8. The number of hydrogen-bond donors (Lipinski definition) is 0. The van der Waals surface area contributed by atoms with E-state index in [-0.39, 0.29) is 0 Å². The summed E-state index contributed by atoms with van der Waals surface area (Å²) in [7, 11) is 0. The van der Waals surface area contributed by atoms with Gasteiger partial charge in [-0.2, -0.15) is 0 Å². The first kappa shape index (κ1) is 13.9. The van der Waals surface area contributed by atoms with Gasteiger partial charge in [0.05, 0.1) is 6.61 Å². The Labute approximate surface area is 124 Å². The van der Waals surface area contributed by atoms with Crippen molar-refractivity contribution in [3.8, 4) is 5.75 Å². The molecule has 2 heterocycles. The van der Waals surface area contributed by atoms with Gasteiger partial charge in [-0.05, 0) is 47.9 Å². The first-order valence-corrected chi connectivity index (χ1v) is 8.12. The predicted molar refractivity (Wildman–Crippen MR) is 83.9 cm³/mol. The van der Waals surface area contributed by atoms with Gasteiger partial charge in [0.2, 0.25) is 0 Å². The topological polar surface area (TPSA) is 21.7 Å². The molecule has 0 saturated carbocycles. The second-order valence-corrected chi connectivity index (χ2v) is 6.18. The van der Waals surface area contributed by atoms with Gasteiger partial charge in [0.1, 0.15) is 12.4 Å². The summed E-state index contributed by atoms with van der Waals surface area (Å²) < 4.78 is 12.7. The van der Waals surface area contributed by atoms with Gasteiger partial charge in [-0.15, -0.1) is 11.3 Å². The highest BCUT2D eigenvalue weighted by Crippen LogP contribution is 2.29. The Hall–Kier alpha value is -1.10. The van der Waals surface area contributed by atoms with Crippen LogP contribution in [0.2, 0.25) is 0 Å². The number of fused-ring (bicyclic) bond motifs is 1. The molecule has 0 spiro atoms. The Balaban J connectivity index is 1.57. The average Bonchev–Trinajstić information content (AvgIpc) is 2.72. The lowest BCUT2D eigenvalue weighted by Crippen LogP contribution is -2.30. The van der Waals surface area contributed by atoms with Crippen LogP contribution in [-0.4, -0.2) is 44.4 Å². The Morgan fingerprint density at radius 2 is 2.25 bits per heavy atom. The molecule has 20 heavy (non-hydrogen) atoms. The molecule has 0 radical (unpaired) electrons. The van der Waals surface area contributed by atoms with Crippen molar-refractivity contribution in [1.29, 1.82) is 0 Å². The fourth-order valence-corrected chi connectivity index (χ4v) is 3.37. The third-order valence-corrected chi connectivity index (χ3v) is 4.61. The molecule has 0 N–H and O–H groups in total. The van der Waals surface area contributed by atoms with E-state index < -0.39 is 0 Å². The summed E-state index contributed by atoms with van der Waals surface area (Å²) in [6.07, 6.45) is 1.13. The van der Waals surface area contributed by atoms with Crippen LogP contribution in [0.5, 0.6) is 5.75 Å². The van der Waals surface area contributed by atoms with E-state index in [1.54, 1.807) is 11.3 Å². The second kappa shape index (κ2) is 6.57. The molecule has 108 valence electrons. The Morgan fingerprint density at radius 3 is 3.20 bits per heavy atom. The molecule has 2 aromatic rings. The third-order valence-electron chi connectivity index (χ3n) is 3.73. The van der Waals surface area contributed by atoms with E-state index >= 15 is 0 Å². The predicted octanol–water partition coefficient (Wildman–Crippen LogP) is 3.31. The molecule has 3 nitrogen and oxygen atoms in total. The number of nitrogens with zero attached hydrogens (tertiary/aromatic N) is 1.